The molecule has 0 N–H and O–H groups in total. The van der Waals surface area contributed by atoms with E-state index in [1.54, 1.807) is 0 Å². The van der Waals surface area contributed by atoms with Crippen LogP contribution in [0.3, 0.4) is 0 Å². The van der Waals surface area contributed by atoms with E-state index in [0.29, 0.717) is 0 Å². The van der Waals surface area contributed by atoms with Gasteiger partial charge in [-0.3, -0.25) is 4.98 Å². The Morgan fingerprint density at radius 2 is 1.52 bits per heavy atom. The molecule has 0 fully saturated rings. The summed E-state index contributed by atoms with van der Waals surface area (Å²) in [5.41, 5.74) is 6.85. The van der Waals surface area contributed by atoms with Crippen LogP contribution in [-0.2, 0) is 0 Å². The van der Waals surface area contributed by atoms with Crippen LogP contribution in [0.25, 0.3) is 44.1 Å². The van der Waals surface area contributed by atoms with E-state index in [1.165, 1.54) is 10.9 Å². The van der Waals surface area contributed by atoms with Gasteiger partial charge in [-0.25, -0.2) is 4.98 Å². The highest BCUT2D eigenvalue weighted by molar-refractivity contribution is 6.04. The lowest BCUT2D eigenvalue weighted by atomic mass is 9.97. The Labute approximate surface area is 180 Å². The lowest BCUT2D eigenvalue weighted by Crippen LogP contribution is -1.98. The fourth-order valence-electron chi connectivity index (χ4n) is 4.21. The summed E-state index contributed by atoms with van der Waals surface area (Å²) in [5.74, 6) is 0.209. The first kappa shape index (κ1) is 17.8. The van der Waals surface area contributed by atoms with Gasteiger partial charge in [0.05, 0.1) is 5.69 Å². The van der Waals surface area contributed by atoms with Crippen molar-refractivity contribution in [2.45, 2.75) is 12.8 Å². The van der Waals surface area contributed by atoms with Crippen molar-refractivity contribution in [1.82, 2.24) is 9.97 Å². The Morgan fingerprint density at radius 1 is 0.742 bits per heavy atom. The number of fused-ring (bicyclic) bond motifs is 4. The average molecular weight is 400 g/mol. The normalized spacial score (nSPS) is 12.5. The van der Waals surface area contributed by atoms with E-state index in [4.69, 9.17) is 9.40 Å². The summed E-state index contributed by atoms with van der Waals surface area (Å²) in [7, 11) is 0. The Bertz CT molecular complexity index is 1550. The van der Waals surface area contributed by atoms with E-state index in [1.807, 2.05) is 30.5 Å². The van der Waals surface area contributed by atoms with Crippen molar-refractivity contribution < 1.29 is 4.42 Å². The summed E-state index contributed by atoms with van der Waals surface area (Å²) in [6, 6.07) is 31.2. The number of hydrogen-bond acceptors (Lipinski definition) is 3. The largest absolute Gasteiger partial charge is 0.454 e. The molecule has 3 nitrogen and oxygen atoms in total. The second kappa shape index (κ2) is 7.06. The highest BCUT2D eigenvalue weighted by Gasteiger charge is 2.15. The lowest BCUT2D eigenvalue weighted by Gasteiger charge is -2.11. The van der Waals surface area contributed by atoms with Crippen molar-refractivity contribution in [3.8, 4) is 11.3 Å². The molecule has 0 saturated heterocycles. The minimum atomic E-state index is 0.209. The molecule has 6 rings (SSSR count). The minimum Gasteiger partial charge on any atom is -0.454 e. The van der Waals surface area contributed by atoms with E-state index in [2.05, 4.69) is 78.6 Å². The molecule has 1 unspecified atom stereocenters. The van der Waals surface area contributed by atoms with Crippen LogP contribution in [0, 0.1) is 0 Å². The van der Waals surface area contributed by atoms with Crippen LogP contribution in [0.15, 0.2) is 102 Å². The number of furan rings is 1. The van der Waals surface area contributed by atoms with E-state index < -0.39 is 0 Å². The molecule has 0 amide bonds. The van der Waals surface area contributed by atoms with Crippen molar-refractivity contribution >= 4 is 32.8 Å². The highest BCUT2D eigenvalue weighted by atomic mass is 16.3. The summed E-state index contributed by atoms with van der Waals surface area (Å²) in [6.07, 6.45) is 1.93. The molecule has 3 heterocycles. The smallest absolute Gasteiger partial charge is 0.153 e. The first-order chi connectivity index (χ1) is 15.3. The quantitative estimate of drug-likeness (QED) is 0.312. The summed E-state index contributed by atoms with van der Waals surface area (Å²) in [5, 5.41) is 3.34. The monoisotopic (exact) mass is 400 g/mol. The standard InChI is InChI=1S/C28H20N2O/c1-18(19-7-3-2-4-8-19)24-12-14-27-28(30-24)23-15-21(11-13-26(23)31-27)25-16-20-9-5-6-10-22(20)17-29-25/h2-18H,1H3. The topological polar surface area (TPSA) is 38.9 Å². The first-order valence-electron chi connectivity index (χ1n) is 10.5. The van der Waals surface area contributed by atoms with Crippen molar-refractivity contribution in [3.63, 3.8) is 0 Å². The fraction of sp³-hybridized carbons (Fsp3) is 0.0714. The Kier molecular flexibility index (Phi) is 4.07. The second-order valence-electron chi connectivity index (χ2n) is 7.94. The molecule has 0 saturated carbocycles. The van der Waals surface area contributed by atoms with Crippen LogP contribution in [0.5, 0.6) is 0 Å². The number of benzene rings is 3. The third-order valence-electron chi connectivity index (χ3n) is 6.00. The third kappa shape index (κ3) is 3.06. The molecule has 0 bridgehead atoms. The Balaban J connectivity index is 1.48. The molecular weight excluding hydrogens is 380 g/mol. The minimum absolute atomic E-state index is 0.209. The van der Waals surface area contributed by atoms with Gasteiger partial charge in [0.25, 0.3) is 0 Å². The van der Waals surface area contributed by atoms with Crippen LogP contribution in [0.4, 0.5) is 0 Å². The molecule has 0 aliphatic heterocycles. The molecule has 31 heavy (non-hydrogen) atoms. The summed E-state index contributed by atoms with van der Waals surface area (Å²) >= 11 is 0. The van der Waals surface area contributed by atoms with E-state index in [-0.39, 0.29) is 5.92 Å². The van der Waals surface area contributed by atoms with Gasteiger partial charge in [0.15, 0.2) is 5.58 Å². The maximum Gasteiger partial charge on any atom is 0.153 e. The first-order valence-corrected chi connectivity index (χ1v) is 10.5. The van der Waals surface area contributed by atoms with Gasteiger partial charge in [0, 0.05) is 34.1 Å². The maximum absolute atomic E-state index is 6.07. The van der Waals surface area contributed by atoms with Crippen LogP contribution in [0.1, 0.15) is 24.1 Å². The van der Waals surface area contributed by atoms with Gasteiger partial charge >= 0.3 is 0 Å². The molecule has 3 heteroatoms. The third-order valence-corrected chi connectivity index (χ3v) is 6.00. The fourth-order valence-corrected chi connectivity index (χ4v) is 4.21. The summed E-state index contributed by atoms with van der Waals surface area (Å²) in [6.45, 7) is 2.19. The number of nitrogens with zero attached hydrogens (tertiary/aromatic N) is 2. The van der Waals surface area contributed by atoms with Crippen molar-refractivity contribution in [2.75, 3.05) is 0 Å². The molecule has 1 atom stereocenters. The highest BCUT2D eigenvalue weighted by Crippen LogP contribution is 2.33. The van der Waals surface area contributed by atoms with Crippen molar-refractivity contribution in [1.29, 1.82) is 0 Å². The zero-order chi connectivity index (χ0) is 20.8. The lowest BCUT2D eigenvalue weighted by molar-refractivity contribution is 0.667. The Hall–Kier alpha value is -3.98. The number of pyridine rings is 2. The molecule has 6 aromatic rings. The molecular formula is C28H20N2O. The Morgan fingerprint density at radius 3 is 2.39 bits per heavy atom. The van der Waals surface area contributed by atoms with Gasteiger partial charge in [0.1, 0.15) is 11.1 Å². The van der Waals surface area contributed by atoms with E-state index >= 15 is 0 Å². The van der Waals surface area contributed by atoms with Crippen LogP contribution < -0.4 is 0 Å². The van der Waals surface area contributed by atoms with Crippen molar-refractivity contribution in [2.24, 2.45) is 0 Å². The average Bonchev–Trinajstić information content (AvgIpc) is 3.21. The van der Waals surface area contributed by atoms with Gasteiger partial charge < -0.3 is 4.42 Å². The van der Waals surface area contributed by atoms with Crippen LogP contribution >= 0.6 is 0 Å². The van der Waals surface area contributed by atoms with Gasteiger partial charge in [-0.1, -0.05) is 61.5 Å². The van der Waals surface area contributed by atoms with Gasteiger partial charge in [-0.2, -0.15) is 0 Å². The SMILES string of the molecule is CC(c1ccccc1)c1ccc2oc3ccc(-c4cc5ccccc5cn4)cc3c2n1. The molecule has 3 aromatic heterocycles. The van der Waals surface area contributed by atoms with Crippen LogP contribution in [-0.4, -0.2) is 9.97 Å². The molecule has 3 aromatic carbocycles. The predicted molar refractivity (Wildman–Crippen MR) is 126 cm³/mol. The zero-order valence-electron chi connectivity index (χ0n) is 17.1. The number of hydrogen-bond donors (Lipinski definition) is 0. The van der Waals surface area contributed by atoms with Gasteiger partial charge in [-0.15, -0.1) is 0 Å². The van der Waals surface area contributed by atoms with E-state index in [0.717, 1.165) is 44.4 Å². The molecule has 0 spiro atoms. The molecule has 0 radical (unpaired) electrons. The van der Waals surface area contributed by atoms with Crippen molar-refractivity contribution in [3.05, 3.63) is 108 Å². The summed E-state index contributed by atoms with van der Waals surface area (Å²) < 4.78 is 6.07. The zero-order valence-corrected chi connectivity index (χ0v) is 17.1. The summed E-state index contributed by atoms with van der Waals surface area (Å²) in [4.78, 5) is 9.69. The predicted octanol–water partition coefficient (Wildman–Crippen LogP) is 7.35. The van der Waals surface area contributed by atoms with Gasteiger partial charge in [-0.05, 0) is 47.3 Å². The number of rotatable bonds is 3. The molecule has 0 aliphatic carbocycles. The molecule has 0 aliphatic rings. The molecule has 148 valence electrons. The van der Waals surface area contributed by atoms with Crippen LogP contribution in [0.2, 0.25) is 0 Å². The van der Waals surface area contributed by atoms with Gasteiger partial charge in [0.2, 0.25) is 0 Å². The van der Waals surface area contributed by atoms with E-state index in [9.17, 15) is 0 Å². The number of aromatic nitrogens is 2. The maximum atomic E-state index is 6.07. The second-order valence-corrected chi connectivity index (χ2v) is 7.94.